The van der Waals surface area contributed by atoms with Gasteiger partial charge in [0.15, 0.2) is 0 Å². The number of amides is 1. The third-order valence-corrected chi connectivity index (χ3v) is 4.35. The summed E-state index contributed by atoms with van der Waals surface area (Å²) < 4.78 is 10.8. The van der Waals surface area contributed by atoms with Crippen molar-refractivity contribution in [3.05, 3.63) is 71.8 Å². The SMILES string of the molecule is COC(=O)[C@@H]1C[C@@H](OCc2ccccc2)CN1C(=O)c1ccccc1. The van der Waals surface area contributed by atoms with E-state index in [4.69, 9.17) is 9.47 Å². The standard InChI is InChI=1S/C20H21NO4/c1-24-20(23)18-12-17(25-14-15-8-4-2-5-9-15)13-21(18)19(22)16-10-6-3-7-11-16/h2-11,17-18H,12-14H2,1H3/t17-,18+/m1/s1. The first-order valence-corrected chi connectivity index (χ1v) is 8.28. The van der Waals surface area contributed by atoms with Crippen molar-refractivity contribution in [1.82, 2.24) is 4.90 Å². The highest BCUT2D eigenvalue weighted by molar-refractivity contribution is 5.97. The Morgan fingerprint density at radius 2 is 1.68 bits per heavy atom. The van der Waals surface area contributed by atoms with E-state index in [-0.39, 0.29) is 12.0 Å². The van der Waals surface area contributed by atoms with E-state index in [1.54, 1.807) is 29.2 Å². The van der Waals surface area contributed by atoms with E-state index in [9.17, 15) is 9.59 Å². The molecule has 1 fully saturated rings. The molecule has 1 heterocycles. The Labute approximate surface area is 147 Å². The van der Waals surface area contributed by atoms with Gasteiger partial charge in [-0.2, -0.15) is 0 Å². The Kier molecular flexibility index (Phi) is 5.46. The second kappa shape index (κ2) is 7.94. The normalized spacial score (nSPS) is 19.6. The number of likely N-dealkylation sites (tertiary alicyclic amines) is 1. The maximum absolute atomic E-state index is 12.8. The molecule has 0 N–H and O–H groups in total. The van der Waals surface area contributed by atoms with Gasteiger partial charge in [0.25, 0.3) is 5.91 Å². The zero-order valence-electron chi connectivity index (χ0n) is 14.1. The van der Waals surface area contributed by atoms with E-state index in [1.165, 1.54) is 7.11 Å². The quantitative estimate of drug-likeness (QED) is 0.786. The summed E-state index contributed by atoms with van der Waals surface area (Å²) in [5.74, 6) is -0.586. The Bertz CT molecular complexity index is 717. The summed E-state index contributed by atoms with van der Waals surface area (Å²) in [5.41, 5.74) is 1.62. The van der Waals surface area contributed by atoms with E-state index in [2.05, 4.69) is 0 Å². The van der Waals surface area contributed by atoms with Crippen LogP contribution < -0.4 is 0 Å². The average molecular weight is 339 g/mol. The van der Waals surface area contributed by atoms with Gasteiger partial charge < -0.3 is 14.4 Å². The summed E-state index contributed by atoms with van der Waals surface area (Å²) in [7, 11) is 1.34. The van der Waals surface area contributed by atoms with E-state index in [1.807, 2.05) is 36.4 Å². The lowest BCUT2D eigenvalue weighted by atomic mass is 10.1. The number of hydrogen-bond acceptors (Lipinski definition) is 4. The van der Waals surface area contributed by atoms with Gasteiger partial charge in [-0.25, -0.2) is 4.79 Å². The lowest BCUT2D eigenvalue weighted by Gasteiger charge is -2.22. The number of carbonyl (C=O) groups excluding carboxylic acids is 2. The number of benzene rings is 2. The summed E-state index contributed by atoms with van der Waals surface area (Å²) >= 11 is 0. The largest absolute Gasteiger partial charge is 0.467 e. The van der Waals surface area contributed by atoms with Gasteiger partial charge in [0.2, 0.25) is 0 Å². The van der Waals surface area contributed by atoms with Crippen LogP contribution in [0.25, 0.3) is 0 Å². The minimum absolute atomic E-state index is 0.179. The topological polar surface area (TPSA) is 55.8 Å². The van der Waals surface area contributed by atoms with Crippen LogP contribution in [-0.4, -0.2) is 42.6 Å². The van der Waals surface area contributed by atoms with Crippen molar-refractivity contribution in [2.75, 3.05) is 13.7 Å². The first-order chi connectivity index (χ1) is 12.2. The molecule has 2 aromatic rings. The molecule has 0 bridgehead atoms. The summed E-state index contributed by atoms with van der Waals surface area (Å²) in [6.45, 7) is 0.826. The van der Waals surface area contributed by atoms with Gasteiger partial charge in [-0.05, 0) is 17.7 Å². The number of methoxy groups -OCH3 is 1. The van der Waals surface area contributed by atoms with Crippen molar-refractivity contribution in [1.29, 1.82) is 0 Å². The van der Waals surface area contributed by atoms with Crippen LogP contribution in [0.1, 0.15) is 22.3 Å². The summed E-state index contributed by atoms with van der Waals surface area (Å²) in [6, 6.07) is 18.2. The molecule has 5 nitrogen and oxygen atoms in total. The van der Waals surface area contributed by atoms with E-state index in [0.717, 1.165) is 5.56 Å². The first kappa shape index (κ1) is 17.2. The van der Waals surface area contributed by atoms with Crippen LogP contribution in [0.3, 0.4) is 0 Å². The molecular weight excluding hydrogens is 318 g/mol. The van der Waals surface area contributed by atoms with Gasteiger partial charge in [0.1, 0.15) is 6.04 Å². The Morgan fingerprint density at radius 3 is 2.32 bits per heavy atom. The zero-order chi connectivity index (χ0) is 17.6. The van der Waals surface area contributed by atoms with Crippen LogP contribution in [0.2, 0.25) is 0 Å². The minimum Gasteiger partial charge on any atom is -0.467 e. The fourth-order valence-electron chi connectivity index (χ4n) is 3.04. The van der Waals surface area contributed by atoms with E-state index < -0.39 is 12.0 Å². The molecule has 0 aliphatic carbocycles. The smallest absolute Gasteiger partial charge is 0.328 e. The molecule has 0 saturated carbocycles. The second-order valence-electron chi connectivity index (χ2n) is 6.02. The zero-order valence-corrected chi connectivity index (χ0v) is 14.1. The van der Waals surface area contributed by atoms with Crippen LogP contribution >= 0.6 is 0 Å². The lowest BCUT2D eigenvalue weighted by Crippen LogP contribution is -2.41. The molecule has 1 amide bonds. The second-order valence-corrected chi connectivity index (χ2v) is 6.02. The van der Waals surface area contributed by atoms with Crippen molar-refractivity contribution in [2.45, 2.75) is 25.2 Å². The number of ether oxygens (including phenoxy) is 2. The van der Waals surface area contributed by atoms with Gasteiger partial charge in [-0.3, -0.25) is 4.79 Å². The van der Waals surface area contributed by atoms with Gasteiger partial charge in [0.05, 0.1) is 19.8 Å². The van der Waals surface area contributed by atoms with Crippen LogP contribution in [-0.2, 0) is 20.9 Å². The molecule has 5 heteroatoms. The molecule has 0 aromatic heterocycles. The highest BCUT2D eigenvalue weighted by atomic mass is 16.5. The summed E-state index contributed by atoms with van der Waals surface area (Å²) in [6.07, 6.45) is 0.245. The van der Waals surface area contributed by atoms with Crippen molar-refractivity contribution in [3.8, 4) is 0 Å². The van der Waals surface area contributed by atoms with Crippen LogP contribution in [0.4, 0.5) is 0 Å². The molecule has 1 aliphatic rings. The molecule has 0 radical (unpaired) electrons. The maximum atomic E-state index is 12.8. The predicted octanol–water partition coefficient (Wildman–Crippen LogP) is 2.66. The van der Waals surface area contributed by atoms with Crippen molar-refractivity contribution in [3.63, 3.8) is 0 Å². The van der Waals surface area contributed by atoms with Gasteiger partial charge >= 0.3 is 5.97 Å². The Hall–Kier alpha value is -2.66. The Morgan fingerprint density at radius 1 is 1.04 bits per heavy atom. The highest BCUT2D eigenvalue weighted by Gasteiger charge is 2.41. The molecule has 2 aromatic carbocycles. The molecule has 130 valence electrons. The summed E-state index contributed by atoms with van der Waals surface area (Å²) in [5, 5.41) is 0. The molecular formula is C20H21NO4. The van der Waals surface area contributed by atoms with Crippen molar-refractivity contribution in [2.24, 2.45) is 0 Å². The first-order valence-electron chi connectivity index (χ1n) is 8.28. The number of carbonyl (C=O) groups is 2. The number of nitrogens with zero attached hydrogens (tertiary/aromatic N) is 1. The van der Waals surface area contributed by atoms with Gasteiger partial charge in [-0.1, -0.05) is 48.5 Å². The minimum atomic E-state index is -0.613. The predicted molar refractivity (Wildman–Crippen MR) is 92.9 cm³/mol. The monoisotopic (exact) mass is 339 g/mol. The third kappa shape index (κ3) is 4.06. The average Bonchev–Trinajstić information content (AvgIpc) is 3.11. The molecule has 3 rings (SSSR count). The van der Waals surface area contributed by atoms with E-state index in [0.29, 0.717) is 25.1 Å². The maximum Gasteiger partial charge on any atom is 0.328 e. The van der Waals surface area contributed by atoms with Crippen molar-refractivity contribution >= 4 is 11.9 Å². The molecule has 2 atom stereocenters. The third-order valence-electron chi connectivity index (χ3n) is 4.35. The van der Waals surface area contributed by atoms with E-state index >= 15 is 0 Å². The summed E-state index contributed by atoms with van der Waals surface area (Å²) in [4.78, 5) is 26.4. The van der Waals surface area contributed by atoms with Gasteiger partial charge in [-0.15, -0.1) is 0 Å². The fourth-order valence-corrected chi connectivity index (χ4v) is 3.04. The van der Waals surface area contributed by atoms with Crippen LogP contribution in [0.5, 0.6) is 0 Å². The number of rotatable bonds is 5. The molecule has 0 spiro atoms. The van der Waals surface area contributed by atoms with Crippen LogP contribution in [0, 0.1) is 0 Å². The molecule has 0 unspecified atom stereocenters. The van der Waals surface area contributed by atoms with Crippen LogP contribution in [0.15, 0.2) is 60.7 Å². The molecule has 1 aliphatic heterocycles. The Balaban J connectivity index is 1.70. The van der Waals surface area contributed by atoms with Crippen molar-refractivity contribution < 1.29 is 19.1 Å². The number of esters is 1. The molecule has 25 heavy (non-hydrogen) atoms. The highest BCUT2D eigenvalue weighted by Crippen LogP contribution is 2.24. The number of hydrogen-bond donors (Lipinski definition) is 0. The van der Waals surface area contributed by atoms with Gasteiger partial charge in [0, 0.05) is 18.5 Å². The fraction of sp³-hybridized carbons (Fsp3) is 0.300. The molecule has 1 saturated heterocycles. The lowest BCUT2D eigenvalue weighted by molar-refractivity contribution is -0.145.